The minimum Gasteiger partial charge on any atom is -0.397 e. The normalized spacial score (nSPS) is 18.0. The van der Waals surface area contributed by atoms with Crippen LogP contribution in [0.1, 0.15) is 29.6 Å². The molecule has 3 N–H and O–H groups in total. The second kappa shape index (κ2) is 6.61. The molecule has 1 saturated heterocycles. The number of nitrogens with one attached hydrogen (secondary N) is 1. The number of nitrogens with two attached hydrogens (primary N) is 1. The van der Waals surface area contributed by atoms with Crippen molar-refractivity contribution in [2.45, 2.75) is 25.4 Å². The minimum atomic E-state index is -0.0393. The third-order valence-corrected chi connectivity index (χ3v) is 3.51. The standard InChI is InChI=1S/C15H23N3O2/c1-18(2)15(19)11-5-6-14(13(16)10-11)17-8-7-12-4-3-9-20-12/h5-6,10,12,17H,3-4,7-9,16H2,1-2H3. The van der Waals surface area contributed by atoms with Crippen molar-refractivity contribution < 1.29 is 9.53 Å². The van der Waals surface area contributed by atoms with E-state index in [1.807, 2.05) is 6.07 Å². The Morgan fingerprint density at radius 2 is 2.30 bits per heavy atom. The minimum absolute atomic E-state index is 0.0393. The van der Waals surface area contributed by atoms with Gasteiger partial charge in [0.25, 0.3) is 5.91 Å². The maximum atomic E-state index is 11.8. The highest BCUT2D eigenvalue weighted by molar-refractivity contribution is 5.95. The molecule has 1 unspecified atom stereocenters. The summed E-state index contributed by atoms with van der Waals surface area (Å²) in [6.45, 7) is 1.71. The molecule has 2 rings (SSSR count). The van der Waals surface area contributed by atoms with Gasteiger partial charge in [0, 0.05) is 32.8 Å². The Balaban J connectivity index is 1.90. The van der Waals surface area contributed by atoms with E-state index in [1.165, 1.54) is 0 Å². The van der Waals surface area contributed by atoms with E-state index in [-0.39, 0.29) is 5.91 Å². The van der Waals surface area contributed by atoms with Crippen LogP contribution in [0.4, 0.5) is 11.4 Å². The second-order valence-corrected chi connectivity index (χ2v) is 5.35. The Kier molecular flexibility index (Phi) is 4.84. The van der Waals surface area contributed by atoms with Gasteiger partial charge in [-0.1, -0.05) is 0 Å². The van der Waals surface area contributed by atoms with Crippen LogP contribution in [0.3, 0.4) is 0 Å². The van der Waals surface area contributed by atoms with Crippen molar-refractivity contribution in [3.63, 3.8) is 0 Å². The predicted octanol–water partition coefficient (Wildman–Crippen LogP) is 1.95. The van der Waals surface area contributed by atoms with Crippen LogP contribution in [0.2, 0.25) is 0 Å². The molecule has 5 heteroatoms. The summed E-state index contributed by atoms with van der Waals surface area (Å²) in [5, 5.41) is 3.31. The molecule has 5 nitrogen and oxygen atoms in total. The molecule has 1 aliphatic heterocycles. The summed E-state index contributed by atoms with van der Waals surface area (Å²) in [4.78, 5) is 13.4. The lowest BCUT2D eigenvalue weighted by atomic mass is 10.1. The Morgan fingerprint density at radius 1 is 1.50 bits per heavy atom. The molecule has 0 spiro atoms. The number of carbonyl (C=O) groups is 1. The lowest BCUT2D eigenvalue weighted by molar-refractivity contribution is 0.0827. The molecule has 1 aromatic carbocycles. The van der Waals surface area contributed by atoms with Crippen molar-refractivity contribution in [3.05, 3.63) is 23.8 Å². The number of benzene rings is 1. The highest BCUT2D eigenvalue weighted by atomic mass is 16.5. The zero-order valence-electron chi connectivity index (χ0n) is 12.2. The van der Waals surface area contributed by atoms with Gasteiger partial charge in [-0.05, 0) is 37.5 Å². The van der Waals surface area contributed by atoms with Crippen molar-refractivity contribution in [2.75, 3.05) is 38.3 Å². The molecular weight excluding hydrogens is 254 g/mol. The van der Waals surface area contributed by atoms with Gasteiger partial charge in [0.2, 0.25) is 0 Å². The first-order valence-corrected chi connectivity index (χ1v) is 7.04. The Hall–Kier alpha value is -1.75. The van der Waals surface area contributed by atoms with Gasteiger partial charge in [-0.3, -0.25) is 4.79 Å². The summed E-state index contributed by atoms with van der Waals surface area (Å²) in [5.74, 6) is -0.0393. The van der Waals surface area contributed by atoms with Crippen molar-refractivity contribution in [3.8, 4) is 0 Å². The molecule has 1 heterocycles. The van der Waals surface area contributed by atoms with Crippen LogP contribution < -0.4 is 11.1 Å². The van der Waals surface area contributed by atoms with Gasteiger partial charge in [0.05, 0.1) is 17.5 Å². The molecule has 110 valence electrons. The number of ether oxygens (including phenoxy) is 1. The van der Waals surface area contributed by atoms with E-state index < -0.39 is 0 Å². The SMILES string of the molecule is CN(C)C(=O)c1ccc(NCCC2CCCO2)c(N)c1. The van der Waals surface area contributed by atoms with Gasteiger partial charge in [0.15, 0.2) is 0 Å². The number of hydrogen-bond acceptors (Lipinski definition) is 4. The molecule has 1 atom stereocenters. The van der Waals surface area contributed by atoms with E-state index in [0.29, 0.717) is 17.4 Å². The van der Waals surface area contributed by atoms with E-state index >= 15 is 0 Å². The molecule has 0 saturated carbocycles. The van der Waals surface area contributed by atoms with Gasteiger partial charge >= 0.3 is 0 Å². The number of rotatable bonds is 5. The van der Waals surface area contributed by atoms with Crippen molar-refractivity contribution >= 4 is 17.3 Å². The summed E-state index contributed by atoms with van der Waals surface area (Å²) in [6, 6.07) is 5.38. The first-order valence-electron chi connectivity index (χ1n) is 7.04. The first-order chi connectivity index (χ1) is 9.58. The Labute approximate surface area is 120 Å². The smallest absolute Gasteiger partial charge is 0.253 e. The van der Waals surface area contributed by atoms with Crippen LogP contribution in [0.25, 0.3) is 0 Å². The van der Waals surface area contributed by atoms with Crippen LogP contribution in [0.15, 0.2) is 18.2 Å². The number of nitrogens with zero attached hydrogens (tertiary/aromatic N) is 1. The van der Waals surface area contributed by atoms with Gasteiger partial charge in [0.1, 0.15) is 0 Å². The molecule has 1 amide bonds. The molecule has 1 aromatic rings. The third kappa shape index (κ3) is 3.63. The average molecular weight is 277 g/mol. The molecule has 20 heavy (non-hydrogen) atoms. The summed E-state index contributed by atoms with van der Waals surface area (Å²) in [6.07, 6.45) is 3.66. The third-order valence-electron chi connectivity index (χ3n) is 3.51. The van der Waals surface area contributed by atoms with Crippen molar-refractivity contribution in [1.29, 1.82) is 0 Å². The highest BCUT2D eigenvalue weighted by Gasteiger charge is 2.15. The van der Waals surface area contributed by atoms with Crippen LogP contribution in [-0.2, 0) is 4.74 Å². The molecule has 0 radical (unpaired) electrons. The molecular formula is C15H23N3O2. The van der Waals surface area contributed by atoms with Crippen LogP contribution in [0, 0.1) is 0 Å². The second-order valence-electron chi connectivity index (χ2n) is 5.35. The monoisotopic (exact) mass is 277 g/mol. The van der Waals surface area contributed by atoms with E-state index in [0.717, 1.165) is 38.1 Å². The van der Waals surface area contributed by atoms with Crippen LogP contribution >= 0.6 is 0 Å². The fourth-order valence-corrected chi connectivity index (χ4v) is 2.35. The summed E-state index contributed by atoms with van der Waals surface area (Å²) >= 11 is 0. The summed E-state index contributed by atoms with van der Waals surface area (Å²) < 4.78 is 5.58. The average Bonchev–Trinajstić information content (AvgIpc) is 2.92. The molecule has 1 aliphatic rings. The number of anilines is 2. The fraction of sp³-hybridized carbons (Fsp3) is 0.533. The fourth-order valence-electron chi connectivity index (χ4n) is 2.35. The van der Waals surface area contributed by atoms with Crippen LogP contribution in [-0.4, -0.2) is 44.2 Å². The predicted molar refractivity (Wildman–Crippen MR) is 81.0 cm³/mol. The quantitative estimate of drug-likeness (QED) is 0.807. The van der Waals surface area contributed by atoms with Gasteiger partial charge < -0.3 is 20.7 Å². The summed E-state index contributed by atoms with van der Waals surface area (Å²) in [5.41, 5.74) is 8.07. The number of nitrogen functional groups attached to an aromatic ring is 1. The number of hydrogen-bond donors (Lipinski definition) is 2. The maximum Gasteiger partial charge on any atom is 0.253 e. The first kappa shape index (κ1) is 14.7. The van der Waals surface area contributed by atoms with E-state index in [2.05, 4.69) is 5.32 Å². The zero-order chi connectivity index (χ0) is 14.5. The number of carbonyl (C=O) groups excluding carboxylic acids is 1. The lowest BCUT2D eigenvalue weighted by Gasteiger charge is -2.14. The molecule has 1 fully saturated rings. The van der Waals surface area contributed by atoms with Gasteiger partial charge in [-0.15, -0.1) is 0 Å². The molecule has 0 aliphatic carbocycles. The number of amides is 1. The largest absolute Gasteiger partial charge is 0.397 e. The van der Waals surface area contributed by atoms with Gasteiger partial charge in [-0.25, -0.2) is 0 Å². The maximum absolute atomic E-state index is 11.8. The van der Waals surface area contributed by atoms with Crippen molar-refractivity contribution in [1.82, 2.24) is 4.90 Å². The Morgan fingerprint density at radius 3 is 2.90 bits per heavy atom. The topological polar surface area (TPSA) is 67.6 Å². The van der Waals surface area contributed by atoms with E-state index in [9.17, 15) is 4.79 Å². The van der Waals surface area contributed by atoms with Crippen LogP contribution in [0.5, 0.6) is 0 Å². The highest BCUT2D eigenvalue weighted by Crippen LogP contribution is 2.21. The summed E-state index contributed by atoms with van der Waals surface area (Å²) in [7, 11) is 3.46. The molecule has 0 aromatic heterocycles. The molecule has 0 bridgehead atoms. The Bertz CT molecular complexity index is 468. The van der Waals surface area contributed by atoms with Gasteiger partial charge in [-0.2, -0.15) is 0 Å². The van der Waals surface area contributed by atoms with Crippen molar-refractivity contribution in [2.24, 2.45) is 0 Å². The van der Waals surface area contributed by atoms with E-state index in [4.69, 9.17) is 10.5 Å². The van der Waals surface area contributed by atoms with E-state index in [1.54, 1.807) is 31.1 Å². The lowest BCUT2D eigenvalue weighted by Crippen LogP contribution is -2.21. The zero-order valence-corrected chi connectivity index (χ0v) is 12.2.